The molecule has 1 aliphatic heterocycles. The van der Waals surface area contributed by atoms with Gasteiger partial charge in [-0.25, -0.2) is 9.97 Å². The van der Waals surface area contributed by atoms with Gasteiger partial charge >= 0.3 is 0 Å². The number of thiazole rings is 2. The topological polar surface area (TPSA) is 50.7 Å². The molecule has 8 heteroatoms. The van der Waals surface area contributed by atoms with E-state index in [9.17, 15) is 0 Å². The molecule has 1 saturated heterocycles. The van der Waals surface area contributed by atoms with Crippen LogP contribution in [0.15, 0.2) is 30.3 Å². The molecular formula is C21H22N4O2S2. The fraction of sp³-hybridized carbons (Fsp3) is 0.333. The molecule has 1 fully saturated rings. The number of aromatic nitrogens is 2. The van der Waals surface area contributed by atoms with Crippen molar-refractivity contribution in [3.05, 3.63) is 35.9 Å². The van der Waals surface area contributed by atoms with Crippen molar-refractivity contribution >= 4 is 53.4 Å². The first-order valence-corrected chi connectivity index (χ1v) is 11.2. The van der Waals surface area contributed by atoms with Gasteiger partial charge in [-0.15, -0.1) is 0 Å². The van der Waals surface area contributed by atoms with Crippen molar-refractivity contribution in [2.75, 3.05) is 50.2 Å². The Morgan fingerprint density at radius 3 is 2.10 bits per heavy atom. The molecule has 3 heterocycles. The summed E-state index contributed by atoms with van der Waals surface area (Å²) in [7, 11) is 3.40. The van der Waals surface area contributed by atoms with Crippen LogP contribution in [0, 0.1) is 6.92 Å². The zero-order valence-corrected chi connectivity index (χ0v) is 18.3. The smallest absolute Gasteiger partial charge is 0.186 e. The predicted molar refractivity (Wildman–Crippen MR) is 122 cm³/mol. The van der Waals surface area contributed by atoms with Crippen LogP contribution in [0.1, 0.15) is 5.56 Å². The maximum absolute atomic E-state index is 5.51. The number of aryl methyl sites for hydroxylation is 1. The summed E-state index contributed by atoms with van der Waals surface area (Å²) in [5, 5.41) is 2.13. The number of hydrogen-bond acceptors (Lipinski definition) is 8. The molecule has 0 spiro atoms. The Hall–Kier alpha value is -2.58. The van der Waals surface area contributed by atoms with Crippen LogP contribution >= 0.6 is 22.7 Å². The zero-order valence-electron chi connectivity index (χ0n) is 16.6. The average Bonchev–Trinajstić information content (AvgIpc) is 3.39. The molecule has 2 aromatic carbocycles. The van der Waals surface area contributed by atoms with Crippen molar-refractivity contribution in [3.8, 4) is 11.5 Å². The maximum Gasteiger partial charge on any atom is 0.186 e. The SMILES string of the molecule is COc1cccc2sc(N3CCN(c4nc5c(OC)ccc(C)c5s4)CC3)nc12. The summed E-state index contributed by atoms with van der Waals surface area (Å²) < 4.78 is 13.3. The number of ether oxygens (including phenoxy) is 2. The number of hydrogen-bond donors (Lipinski definition) is 0. The highest BCUT2D eigenvalue weighted by Crippen LogP contribution is 2.38. The van der Waals surface area contributed by atoms with Crippen molar-refractivity contribution in [2.45, 2.75) is 6.92 Å². The van der Waals surface area contributed by atoms with Crippen LogP contribution < -0.4 is 19.3 Å². The number of rotatable bonds is 4. The van der Waals surface area contributed by atoms with Gasteiger partial charge in [0.25, 0.3) is 0 Å². The molecule has 0 unspecified atom stereocenters. The van der Waals surface area contributed by atoms with E-state index in [-0.39, 0.29) is 0 Å². The van der Waals surface area contributed by atoms with Gasteiger partial charge in [0.1, 0.15) is 22.5 Å². The number of piperazine rings is 1. The quantitative estimate of drug-likeness (QED) is 0.477. The summed E-state index contributed by atoms with van der Waals surface area (Å²) in [5.74, 6) is 1.68. The Kier molecular flexibility index (Phi) is 4.67. The lowest BCUT2D eigenvalue weighted by atomic mass is 10.2. The second kappa shape index (κ2) is 7.35. The molecule has 0 aliphatic carbocycles. The van der Waals surface area contributed by atoms with E-state index in [4.69, 9.17) is 19.4 Å². The van der Waals surface area contributed by atoms with Crippen LogP contribution in [-0.2, 0) is 0 Å². The van der Waals surface area contributed by atoms with Crippen molar-refractivity contribution in [1.29, 1.82) is 0 Å². The van der Waals surface area contributed by atoms with Gasteiger partial charge in [-0.3, -0.25) is 0 Å². The van der Waals surface area contributed by atoms with Gasteiger partial charge < -0.3 is 19.3 Å². The first-order chi connectivity index (χ1) is 14.2. The zero-order chi connectivity index (χ0) is 20.0. The van der Waals surface area contributed by atoms with Crippen molar-refractivity contribution in [3.63, 3.8) is 0 Å². The van der Waals surface area contributed by atoms with Gasteiger partial charge in [0.2, 0.25) is 0 Å². The lowest BCUT2D eigenvalue weighted by Crippen LogP contribution is -2.46. The molecule has 0 saturated carbocycles. The molecule has 0 radical (unpaired) electrons. The number of anilines is 2. The minimum atomic E-state index is 0.836. The standard InChI is InChI=1S/C21H22N4O2S2/c1-13-7-8-15(27-3)18-19(13)29-21(23-18)25-11-9-24(10-12-25)20-22-17-14(26-2)5-4-6-16(17)28-20/h4-8H,9-12H2,1-3H3. The molecule has 0 amide bonds. The fourth-order valence-electron chi connectivity index (χ4n) is 3.70. The predicted octanol–water partition coefficient (Wildman–Crippen LogP) is 4.56. The average molecular weight is 427 g/mol. The summed E-state index contributed by atoms with van der Waals surface area (Å²) in [5.41, 5.74) is 3.16. The molecule has 5 rings (SSSR count). The molecule has 2 aromatic heterocycles. The monoisotopic (exact) mass is 426 g/mol. The van der Waals surface area contributed by atoms with Gasteiger partial charge in [0, 0.05) is 26.2 Å². The van der Waals surface area contributed by atoms with E-state index in [2.05, 4.69) is 28.9 Å². The Morgan fingerprint density at radius 2 is 1.41 bits per heavy atom. The second-order valence-electron chi connectivity index (χ2n) is 7.04. The third-order valence-corrected chi connectivity index (χ3v) is 7.66. The van der Waals surface area contributed by atoms with E-state index in [0.717, 1.165) is 63.7 Å². The molecule has 4 aromatic rings. The summed E-state index contributed by atoms with van der Waals surface area (Å²) in [6.45, 7) is 5.83. The normalized spacial score (nSPS) is 14.7. The highest BCUT2D eigenvalue weighted by atomic mass is 32.1. The number of methoxy groups -OCH3 is 2. The summed E-state index contributed by atoms with van der Waals surface area (Å²) in [6.07, 6.45) is 0. The maximum atomic E-state index is 5.51. The van der Waals surface area contributed by atoms with Gasteiger partial charge in [-0.2, -0.15) is 0 Å². The molecule has 1 aliphatic rings. The van der Waals surface area contributed by atoms with Crippen LogP contribution in [0.4, 0.5) is 10.3 Å². The van der Waals surface area contributed by atoms with E-state index in [1.807, 2.05) is 18.2 Å². The summed E-state index contributed by atoms with van der Waals surface area (Å²) in [4.78, 5) is 14.5. The minimum Gasteiger partial charge on any atom is -0.494 e. The highest BCUT2D eigenvalue weighted by Gasteiger charge is 2.23. The Balaban J connectivity index is 1.37. The number of nitrogens with zero attached hydrogens (tertiary/aromatic N) is 4. The molecule has 0 N–H and O–H groups in total. The van der Waals surface area contributed by atoms with E-state index >= 15 is 0 Å². The van der Waals surface area contributed by atoms with Gasteiger partial charge in [-0.05, 0) is 30.7 Å². The van der Waals surface area contributed by atoms with Crippen LogP contribution in [0.5, 0.6) is 11.5 Å². The van der Waals surface area contributed by atoms with Crippen LogP contribution in [-0.4, -0.2) is 50.4 Å². The molecule has 0 bridgehead atoms. The largest absolute Gasteiger partial charge is 0.494 e. The number of para-hydroxylation sites is 1. The van der Waals surface area contributed by atoms with Crippen molar-refractivity contribution in [1.82, 2.24) is 9.97 Å². The van der Waals surface area contributed by atoms with E-state index in [1.165, 1.54) is 10.3 Å². The first kappa shape index (κ1) is 18.4. The van der Waals surface area contributed by atoms with Crippen LogP contribution in [0.25, 0.3) is 20.4 Å². The first-order valence-electron chi connectivity index (χ1n) is 9.55. The van der Waals surface area contributed by atoms with E-state index in [1.54, 1.807) is 36.9 Å². The van der Waals surface area contributed by atoms with Gasteiger partial charge in [0.05, 0.1) is 23.6 Å². The molecule has 6 nitrogen and oxygen atoms in total. The number of fused-ring (bicyclic) bond motifs is 2. The summed E-state index contributed by atoms with van der Waals surface area (Å²) in [6, 6.07) is 10.2. The Labute approximate surface area is 177 Å². The molecule has 29 heavy (non-hydrogen) atoms. The summed E-state index contributed by atoms with van der Waals surface area (Å²) >= 11 is 3.48. The molecule has 0 atom stereocenters. The van der Waals surface area contributed by atoms with Crippen LogP contribution in [0.2, 0.25) is 0 Å². The third kappa shape index (κ3) is 3.16. The van der Waals surface area contributed by atoms with Crippen molar-refractivity contribution in [2.24, 2.45) is 0 Å². The minimum absolute atomic E-state index is 0.836. The molecular weight excluding hydrogens is 404 g/mol. The lowest BCUT2D eigenvalue weighted by Gasteiger charge is -2.34. The van der Waals surface area contributed by atoms with Crippen LogP contribution in [0.3, 0.4) is 0 Å². The van der Waals surface area contributed by atoms with Gasteiger partial charge in [0.15, 0.2) is 10.3 Å². The second-order valence-corrected chi connectivity index (χ2v) is 9.02. The van der Waals surface area contributed by atoms with Crippen molar-refractivity contribution < 1.29 is 9.47 Å². The number of benzene rings is 2. The lowest BCUT2D eigenvalue weighted by molar-refractivity contribution is 0.419. The van der Waals surface area contributed by atoms with E-state index in [0.29, 0.717) is 0 Å². The third-order valence-electron chi connectivity index (χ3n) is 5.32. The Morgan fingerprint density at radius 1 is 0.793 bits per heavy atom. The fourth-order valence-corrected chi connectivity index (χ4v) is 5.84. The Bertz CT molecular complexity index is 1180. The molecule has 150 valence electrons. The highest BCUT2D eigenvalue weighted by molar-refractivity contribution is 7.22. The van der Waals surface area contributed by atoms with Gasteiger partial charge in [-0.1, -0.05) is 34.8 Å². The van der Waals surface area contributed by atoms with E-state index < -0.39 is 0 Å².